The monoisotopic (exact) mass is 266 g/mol. The van der Waals surface area contributed by atoms with Gasteiger partial charge in [0.15, 0.2) is 5.58 Å². The number of benzene rings is 1. The fourth-order valence-corrected chi connectivity index (χ4v) is 2.36. The predicted octanol–water partition coefficient (Wildman–Crippen LogP) is 2.18. The van der Waals surface area contributed by atoms with Gasteiger partial charge in [-0.1, -0.05) is 11.8 Å². The molecule has 0 amide bonds. The molecule has 0 atom stereocenters. The first-order chi connectivity index (χ1) is 8.56. The summed E-state index contributed by atoms with van der Waals surface area (Å²) in [5.41, 5.74) is 1.41. The van der Waals surface area contributed by atoms with Crippen molar-refractivity contribution in [3.05, 3.63) is 23.8 Å². The highest BCUT2D eigenvalue weighted by atomic mass is 32.2. The number of carboxylic acids is 1. The van der Waals surface area contributed by atoms with Crippen molar-refractivity contribution in [1.29, 1.82) is 0 Å². The number of thioether (sulfide) groups is 1. The van der Waals surface area contributed by atoms with Gasteiger partial charge in [0.05, 0.1) is 5.56 Å². The van der Waals surface area contributed by atoms with Gasteiger partial charge in [0.2, 0.25) is 0 Å². The van der Waals surface area contributed by atoms with Crippen molar-refractivity contribution in [2.24, 2.45) is 0 Å². The van der Waals surface area contributed by atoms with Gasteiger partial charge in [0.25, 0.3) is 5.22 Å². The smallest absolute Gasteiger partial charge is 0.335 e. The van der Waals surface area contributed by atoms with E-state index in [0.717, 1.165) is 12.3 Å². The van der Waals surface area contributed by atoms with Crippen LogP contribution in [0.5, 0.6) is 0 Å². The van der Waals surface area contributed by atoms with Gasteiger partial charge >= 0.3 is 5.97 Å². The third kappa shape index (κ3) is 3.02. The Bertz CT molecular complexity index is 565. The Morgan fingerprint density at radius 1 is 1.50 bits per heavy atom. The highest BCUT2D eigenvalue weighted by Crippen LogP contribution is 2.24. The number of aromatic carboxylic acids is 1. The van der Waals surface area contributed by atoms with E-state index in [2.05, 4.69) is 9.88 Å². The third-order valence-corrected chi connectivity index (χ3v) is 3.19. The summed E-state index contributed by atoms with van der Waals surface area (Å²) in [6.07, 6.45) is 0. The normalized spacial score (nSPS) is 11.3. The molecule has 0 aliphatic carbocycles. The summed E-state index contributed by atoms with van der Waals surface area (Å²) in [6, 6.07) is 4.69. The molecule has 0 bridgehead atoms. The number of aromatic nitrogens is 1. The van der Waals surface area contributed by atoms with E-state index < -0.39 is 5.97 Å². The van der Waals surface area contributed by atoms with E-state index in [-0.39, 0.29) is 5.56 Å². The second kappa shape index (κ2) is 5.41. The summed E-state index contributed by atoms with van der Waals surface area (Å²) in [5, 5.41) is 9.46. The topological polar surface area (TPSA) is 66.6 Å². The molecule has 0 spiro atoms. The van der Waals surface area contributed by atoms with Gasteiger partial charge in [-0.05, 0) is 32.3 Å². The van der Waals surface area contributed by atoms with Crippen LogP contribution in [0, 0.1) is 0 Å². The van der Waals surface area contributed by atoms with Crippen LogP contribution in [0.4, 0.5) is 0 Å². The molecular formula is C12H14N2O3S. The van der Waals surface area contributed by atoms with Crippen molar-refractivity contribution in [3.63, 3.8) is 0 Å². The zero-order chi connectivity index (χ0) is 13.1. The lowest BCUT2D eigenvalue weighted by molar-refractivity contribution is 0.0697. The summed E-state index contributed by atoms with van der Waals surface area (Å²) in [7, 11) is 4.01. The predicted molar refractivity (Wildman–Crippen MR) is 70.2 cm³/mol. The van der Waals surface area contributed by atoms with E-state index in [9.17, 15) is 4.79 Å². The summed E-state index contributed by atoms with van der Waals surface area (Å²) in [4.78, 5) is 17.2. The Labute approximate surface area is 109 Å². The molecule has 0 saturated carbocycles. The Morgan fingerprint density at radius 3 is 2.94 bits per heavy atom. The molecule has 0 unspecified atom stereocenters. The molecule has 0 fully saturated rings. The van der Waals surface area contributed by atoms with E-state index in [1.165, 1.54) is 23.9 Å². The van der Waals surface area contributed by atoms with Gasteiger partial charge < -0.3 is 14.4 Å². The van der Waals surface area contributed by atoms with Crippen LogP contribution in [-0.2, 0) is 0 Å². The fraction of sp³-hybridized carbons (Fsp3) is 0.333. The van der Waals surface area contributed by atoms with Crippen LogP contribution in [0.2, 0.25) is 0 Å². The number of hydrogen-bond acceptors (Lipinski definition) is 5. The maximum Gasteiger partial charge on any atom is 0.335 e. The summed E-state index contributed by atoms with van der Waals surface area (Å²) in [5.74, 6) is -0.0823. The average molecular weight is 266 g/mol. The molecule has 2 aromatic rings. The number of rotatable bonds is 5. The largest absolute Gasteiger partial charge is 0.478 e. The molecule has 1 heterocycles. The number of carboxylic acid groups (broad SMARTS) is 1. The van der Waals surface area contributed by atoms with Gasteiger partial charge in [0.1, 0.15) is 5.52 Å². The first-order valence-corrected chi connectivity index (χ1v) is 6.46. The molecule has 0 aliphatic heterocycles. The summed E-state index contributed by atoms with van der Waals surface area (Å²) in [6.45, 7) is 0.934. The summed E-state index contributed by atoms with van der Waals surface area (Å²) >= 11 is 1.52. The fourth-order valence-electron chi connectivity index (χ4n) is 1.41. The number of fused-ring (bicyclic) bond motifs is 1. The van der Waals surface area contributed by atoms with Crippen LogP contribution >= 0.6 is 11.8 Å². The molecule has 1 aromatic heterocycles. The number of hydrogen-bond donors (Lipinski definition) is 1. The Morgan fingerprint density at radius 2 is 2.28 bits per heavy atom. The molecule has 0 saturated heterocycles. The van der Waals surface area contributed by atoms with E-state index in [4.69, 9.17) is 9.52 Å². The Balaban J connectivity index is 2.14. The second-order valence-corrected chi connectivity index (χ2v) is 5.17. The number of oxazole rings is 1. The van der Waals surface area contributed by atoms with Crippen LogP contribution in [0.1, 0.15) is 10.4 Å². The first kappa shape index (κ1) is 12.9. The molecule has 1 N–H and O–H groups in total. The van der Waals surface area contributed by atoms with E-state index in [0.29, 0.717) is 16.3 Å². The highest BCUT2D eigenvalue weighted by Gasteiger charge is 2.09. The van der Waals surface area contributed by atoms with Crippen molar-refractivity contribution in [1.82, 2.24) is 9.88 Å². The van der Waals surface area contributed by atoms with Crippen LogP contribution in [-0.4, -0.2) is 47.4 Å². The van der Waals surface area contributed by atoms with E-state index in [1.807, 2.05) is 14.1 Å². The van der Waals surface area contributed by atoms with Crippen LogP contribution in [0.25, 0.3) is 11.1 Å². The molecule has 1 aromatic carbocycles. The van der Waals surface area contributed by atoms with E-state index in [1.54, 1.807) is 6.07 Å². The maximum absolute atomic E-state index is 10.8. The quantitative estimate of drug-likeness (QED) is 0.837. The molecule has 18 heavy (non-hydrogen) atoms. The van der Waals surface area contributed by atoms with Gasteiger partial charge in [-0.15, -0.1) is 0 Å². The first-order valence-electron chi connectivity index (χ1n) is 5.47. The molecule has 0 aliphatic rings. The number of carbonyl (C=O) groups is 1. The van der Waals surface area contributed by atoms with Crippen molar-refractivity contribution in [2.45, 2.75) is 5.22 Å². The molecule has 5 nitrogen and oxygen atoms in total. The number of nitrogens with zero attached hydrogens (tertiary/aromatic N) is 2. The molecule has 96 valence electrons. The summed E-state index contributed by atoms with van der Waals surface area (Å²) < 4.78 is 5.51. The SMILES string of the molecule is CN(C)CCSc1nc2ccc(C(=O)O)cc2o1. The highest BCUT2D eigenvalue weighted by molar-refractivity contribution is 7.99. The lowest BCUT2D eigenvalue weighted by atomic mass is 10.2. The zero-order valence-corrected chi connectivity index (χ0v) is 11.0. The van der Waals surface area contributed by atoms with Crippen LogP contribution in [0.3, 0.4) is 0 Å². The molecular weight excluding hydrogens is 252 g/mol. The standard InChI is InChI=1S/C12H14N2O3S/c1-14(2)5-6-18-12-13-9-4-3-8(11(15)16)7-10(9)17-12/h3-4,7H,5-6H2,1-2H3,(H,15,16). The van der Waals surface area contributed by atoms with Crippen LogP contribution in [0.15, 0.2) is 27.8 Å². The minimum absolute atomic E-state index is 0.212. The Kier molecular flexibility index (Phi) is 3.88. The van der Waals surface area contributed by atoms with Gasteiger partial charge in [-0.3, -0.25) is 0 Å². The minimum Gasteiger partial charge on any atom is -0.478 e. The minimum atomic E-state index is -0.963. The molecule has 6 heteroatoms. The Hall–Kier alpha value is -1.53. The van der Waals surface area contributed by atoms with Gasteiger partial charge in [-0.2, -0.15) is 0 Å². The van der Waals surface area contributed by atoms with Gasteiger partial charge in [0, 0.05) is 12.3 Å². The van der Waals surface area contributed by atoms with Crippen molar-refractivity contribution in [2.75, 3.05) is 26.4 Å². The zero-order valence-electron chi connectivity index (χ0n) is 10.2. The van der Waals surface area contributed by atoms with E-state index >= 15 is 0 Å². The lowest BCUT2D eigenvalue weighted by Crippen LogP contribution is -2.14. The average Bonchev–Trinajstić information content (AvgIpc) is 2.69. The maximum atomic E-state index is 10.8. The van der Waals surface area contributed by atoms with Crippen LogP contribution < -0.4 is 0 Å². The molecule has 2 rings (SSSR count). The lowest BCUT2D eigenvalue weighted by Gasteiger charge is -2.06. The van der Waals surface area contributed by atoms with Crippen molar-refractivity contribution < 1.29 is 14.3 Å². The van der Waals surface area contributed by atoms with Crippen molar-refractivity contribution >= 4 is 28.8 Å². The second-order valence-electron chi connectivity index (χ2n) is 4.12. The molecule has 0 radical (unpaired) electrons. The van der Waals surface area contributed by atoms with Gasteiger partial charge in [-0.25, -0.2) is 9.78 Å². The third-order valence-electron chi connectivity index (χ3n) is 2.38. The van der Waals surface area contributed by atoms with Crippen molar-refractivity contribution in [3.8, 4) is 0 Å².